The number of amides is 2. The Kier molecular flexibility index (Phi) is 8.76. The van der Waals surface area contributed by atoms with Crippen molar-refractivity contribution in [1.82, 2.24) is 10.2 Å². The molecule has 2 heterocycles. The fourth-order valence-electron chi connectivity index (χ4n) is 4.02. The molecule has 2 aliphatic rings. The minimum atomic E-state index is -0.00427. The molecule has 0 aliphatic carbocycles. The molecule has 2 aromatic carbocycles. The van der Waals surface area contributed by atoms with Crippen LogP contribution in [0.25, 0.3) is 0 Å². The molecule has 2 aromatic rings. The van der Waals surface area contributed by atoms with Crippen molar-refractivity contribution in [1.29, 1.82) is 0 Å². The Hall–Kier alpha value is -3.10. The highest BCUT2D eigenvalue weighted by Gasteiger charge is 2.15. The maximum absolute atomic E-state index is 12.2. The van der Waals surface area contributed by atoms with Crippen molar-refractivity contribution in [2.45, 2.75) is 32.2 Å². The zero-order chi connectivity index (χ0) is 23.6. The average Bonchev–Trinajstić information content (AvgIpc) is 2.86. The van der Waals surface area contributed by atoms with Gasteiger partial charge in [0, 0.05) is 44.7 Å². The summed E-state index contributed by atoms with van der Waals surface area (Å²) < 4.78 is 17.0. The van der Waals surface area contributed by atoms with E-state index in [0.29, 0.717) is 39.0 Å². The molecule has 1 fully saturated rings. The van der Waals surface area contributed by atoms with Crippen LogP contribution in [0.5, 0.6) is 11.5 Å². The third-order valence-corrected chi connectivity index (χ3v) is 5.96. The lowest BCUT2D eigenvalue weighted by molar-refractivity contribution is -0.121. The second kappa shape index (κ2) is 12.4. The van der Waals surface area contributed by atoms with E-state index in [4.69, 9.17) is 14.2 Å². The van der Waals surface area contributed by atoms with Gasteiger partial charge in [0.15, 0.2) is 0 Å². The highest BCUT2D eigenvalue weighted by Crippen LogP contribution is 2.26. The van der Waals surface area contributed by atoms with Gasteiger partial charge in [0.05, 0.1) is 19.8 Å². The topological polar surface area (TPSA) is 89.1 Å². The number of benzene rings is 2. The third-order valence-electron chi connectivity index (χ3n) is 5.96. The average molecular weight is 468 g/mol. The molecule has 0 spiro atoms. The molecule has 2 amide bonds. The monoisotopic (exact) mass is 467 g/mol. The highest BCUT2D eigenvalue weighted by atomic mass is 16.5. The molecule has 8 heteroatoms. The number of hydrogen-bond acceptors (Lipinski definition) is 6. The Morgan fingerprint density at radius 2 is 1.85 bits per heavy atom. The van der Waals surface area contributed by atoms with Gasteiger partial charge in [-0.3, -0.25) is 14.5 Å². The molecule has 2 N–H and O–H groups in total. The summed E-state index contributed by atoms with van der Waals surface area (Å²) in [6.07, 6.45) is 2.25. The number of aryl methyl sites for hydroxylation is 1. The van der Waals surface area contributed by atoms with Crippen molar-refractivity contribution >= 4 is 17.5 Å². The molecule has 4 rings (SSSR count). The first-order chi connectivity index (χ1) is 16.7. The van der Waals surface area contributed by atoms with Gasteiger partial charge in [0.2, 0.25) is 11.8 Å². The van der Waals surface area contributed by atoms with Crippen molar-refractivity contribution in [2.24, 2.45) is 0 Å². The van der Waals surface area contributed by atoms with Crippen molar-refractivity contribution in [3.8, 4) is 11.5 Å². The van der Waals surface area contributed by atoms with Crippen molar-refractivity contribution < 1.29 is 23.8 Å². The molecule has 2 aliphatic heterocycles. The first-order valence-electron chi connectivity index (χ1n) is 12.0. The molecule has 8 nitrogen and oxygen atoms in total. The van der Waals surface area contributed by atoms with E-state index in [2.05, 4.69) is 15.5 Å². The number of carbonyl (C=O) groups is 2. The van der Waals surface area contributed by atoms with Crippen LogP contribution in [0.4, 0.5) is 5.69 Å². The lowest BCUT2D eigenvalue weighted by Crippen LogP contribution is -2.38. The molecule has 0 unspecified atom stereocenters. The molecular formula is C26H33N3O5. The van der Waals surface area contributed by atoms with Gasteiger partial charge in [-0.2, -0.15) is 0 Å². The zero-order valence-electron chi connectivity index (χ0n) is 19.5. The molecule has 1 saturated heterocycles. The number of rotatable bonds is 11. The highest BCUT2D eigenvalue weighted by molar-refractivity contribution is 5.94. The van der Waals surface area contributed by atoms with E-state index >= 15 is 0 Å². The van der Waals surface area contributed by atoms with E-state index in [0.717, 1.165) is 67.6 Å². The second-order valence-electron chi connectivity index (χ2n) is 8.55. The summed E-state index contributed by atoms with van der Waals surface area (Å²) in [5, 5.41) is 5.83. The number of carbonyl (C=O) groups excluding carboxylic acids is 2. The maximum Gasteiger partial charge on any atom is 0.224 e. The van der Waals surface area contributed by atoms with Gasteiger partial charge in [-0.25, -0.2) is 0 Å². The summed E-state index contributed by atoms with van der Waals surface area (Å²) in [6, 6.07) is 13.5. The minimum absolute atomic E-state index is 0.00427. The second-order valence-corrected chi connectivity index (χ2v) is 8.55. The van der Waals surface area contributed by atoms with Crippen molar-refractivity contribution in [3.05, 3.63) is 53.6 Å². The maximum atomic E-state index is 12.2. The van der Waals surface area contributed by atoms with Crippen LogP contribution >= 0.6 is 0 Å². The summed E-state index contributed by atoms with van der Waals surface area (Å²) in [5.74, 6) is 1.63. The number of hydrogen-bond donors (Lipinski definition) is 2. The standard InChI is InChI=1S/C26H33N3O5/c30-25(5-2-13-33-23-7-8-24-21(18-23)6-9-26(31)28-24)27-19-20-3-1-4-22(17-20)34-16-12-29-10-14-32-15-11-29/h1,3-4,7-8,17-18H,2,5-6,9-16,19H2,(H,27,30)(H,28,31). The molecule has 0 radical (unpaired) electrons. The van der Waals surface area contributed by atoms with Crippen LogP contribution in [0, 0.1) is 0 Å². The number of morpholine rings is 1. The Morgan fingerprint density at radius 1 is 1.03 bits per heavy atom. The Morgan fingerprint density at radius 3 is 2.74 bits per heavy atom. The number of nitrogens with one attached hydrogen (secondary N) is 2. The van der Waals surface area contributed by atoms with E-state index in [1.807, 2.05) is 42.5 Å². The number of anilines is 1. The largest absolute Gasteiger partial charge is 0.494 e. The van der Waals surface area contributed by atoms with E-state index in [-0.39, 0.29) is 11.8 Å². The smallest absolute Gasteiger partial charge is 0.224 e. The van der Waals surface area contributed by atoms with Crippen LogP contribution in [-0.2, 0) is 27.3 Å². The Bertz CT molecular complexity index is 975. The van der Waals surface area contributed by atoms with Gasteiger partial charge in [-0.1, -0.05) is 12.1 Å². The van der Waals surface area contributed by atoms with Gasteiger partial charge in [-0.05, 0) is 54.3 Å². The Balaban J connectivity index is 1.11. The number of nitrogens with zero attached hydrogens (tertiary/aromatic N) is 1. The lowest BCUT2D eigenvalue weighted by Gasteiger charge is -2.26. The minimum Gasteiger partial charge on any atom is -0.494 e. The van der Waals surface area contributed by atoms with Gasteiger partial charge in [0.25, 0.3) is 0 Å². The van der Waals surface area contributed by atoms with E-state index in [1.54, 1.807) is 0 Å². The summed E-state index contributed by atoms with van der Waals surface area (Å²) in [6.45, 7) is 5.93. The summed E-state index contributed by atoms with van der Waals surface area (Å²) in [5.41, 5.74) is 2.95. The van der Waals surface area contributed by atoms with E-state index in [1.165, 1.54) is 0 Å². The molecule has 182 valence electrons. The molecule has 0 atom stereocenters. The van der Waals surface area contributed by atoms with Gasteiger partial charge in [-0.15, -0.1) is 0 Å². The van der Waals surface area contributed by atoms with Crippen LogP contribution in [0.15, 0.2) is 42.5 Å². The zero-order valence-corrected chi connectivity index (χ0v) is 19.5. The van der Waals surface area contributed by atoms with Crippen molar-refractivity contribution in [3.63, 3.8) is 0 Å². The molecule has 34 heavy (non-hydrogen) atoms. The van der Waals surface area contributed by atoms with Gasteiger partial charge >= 0.3 is 0 Å². The molecule has 0 bridgehead atoms. The van der Waals surface area contributed by atoms with Crippen LogP contribution in [-0.4, -0.2) is 62.8 Å². The fraction of sp³-hybridized carbons (Fsp3) is 0.462. The van der Waals surface area contributed by atoms with Crippen molar-refractivity contribution in [2.75, 3.05) is 51.4 Å². The lowest BCUT2D eigenvalue weighted by atomic mass is 10.0. The fourth-order valence-corrected chi connectivity index (χ4v) is 4.02. The summed E-state index contributed by atoms with van der Waals surface area (Å²) in [4.78, 5) is 26.0. The number of ether oxygens (including phenoxy) is 3. The van der Waals surface area contributed by atoms with Crippen LogP contribution in [0.1, 0.15) is 30.4 Å². The molecular weight excluding hydrogens is 434 g/mol. The van der Waals surface area contributed by atoms with Gasteiger partial charge in [0.1, 0.15) is 18.1 Å². The Labute approximate surface area is 200 Å². The third kappa shape index (κ3) is 7.46. The normalized spacial score (nSPS) is 15.8. The van der Waals surface area contributed by atoms with Crippen LogP contribution < -0.4 is 20.1 Å². The predicted octanol–water partition coefficient (Wildman–Crippen LogP) is 2.76. The summed E-state index contributed by atoms with van der Waals surface area (Å²) >= 11 is 0. The predicted molar refractivity (Wildman–Crippen MR) is 129 cm³/mol. The first-order valence-corrected chi connectivity index (χ1v) is 12.0. The van der Waals surface area contributed by atoms with Crippen LogP contribution in [0.3, 0.4) is 0 Å². The molecule has 0 aromatic heterocycles. The quantitative estimate of drug-likeness (QED) is 0.494. The van der Waals surface area contributed by atoms with E-state index < -0.39 is 0 Å². The first kappa shape index (κ1) is 24.0. The SMILES string of the molecule is O=C(CCCOc1ccc2c(c1)CCC(=O)N2)NCc1cccc(OCCN2CCOCC2)c1. The molecule has 0 saturated carbocycles. The van der Waals surface area contributed by atoms with Gasteiger partial charge < -0.3 is 24.8 Å². The summed E-state index contributed by atoms with van der Waals surface area (Å²) in [7, 11) is 0. The van der Waals surface area contributed by atoms with Crippen LogP contribution in [0.2, 0.25) is 0 Å². The van der Waals surface area contributed by atoms with E-state index in [9.17, 15) is 9.59 Å². The number of fused-ring (bicyclic) bond motifs is 1.